The smallest absolute Gasteiger partial charge is 0.315 e. The number of urea groups is 1. The minimum atomic E-state index is -3.19. The van der Waals surface area contributed by atoms with Crippen molar-refractivity contribution >= 4 is 11.9 Å². The molecule has 3 heterocycles. The van der Waals surface area contributed by atoms with E-state index in [1.54, 1.807) is 0 Å². The van der Waals surface area contributed by atoms with Crippen molar-refractivity contribution in [2.75, 3.05) is 19.6 Å². The van der Waals surface area contributed by atoms with E-state index in [9.17, 15) is 14.9 Å². The predicted molar refractivity (Wildman–Crippen MR) is 123 cm³/mol. The molecule has 0 radical (unpaired) electrons. The van der Waals surface area contributed by atoms with Gasteiger partial charge in [-0.25, -0.2) is 13.6 Å². The fourth-order valence-corrected chi connectivity index (χ4v) is 6.10. The highest BCUT2D eigenvalue weighted by molar-refractivity contribution is 5.83. The van der Waals surface area contributed by atoms with E-state index in [4.69, 9.17) is 5.73 Å². The van der Waals surface area contributed by atoms with E-state index in [2.05, 4.69) is 21.3 Å². The van der Waals surface area contributed by atoms with Crippen molar-refractivity contribution in [2.24, 2.45) is 17.1 Å². The Balaban J connectivity index is 1.41. The van der Waals surface area contributed by atoms with E-state index in [1.807, 2.05) is 0 Å². The highest BCUT2D eigenvalue weighted by atomic mass is 19.3. The minimum absolute atomic E-state index is 0.384. The van der Waals surface area contributed by atoms with E-state index in [1.165, 1.54) is 42.3 Å². The molecular weight excluding hydrogens is 454 g/mol. The Morgan fingerprint density at radius 3 is 2.43 bits per heavy atom. The third-order valence-electron chi connectivity index (χ3n) is 8.36. The molecule has 2 saturated heterocycles. The van der Waals surface area contributed by atoms with Gasteiger partial charge < -0.3 is 20.9 Å². The fourth-order valence-electron chi connectivity index (χ4n) is 6.10. The first-order valence-corrected chi connectivity index (χ1v) is 12.5. The molecule has 5 rings (SSSR count). The molecule has 188 valence electrons. The highest BCUT2D eigenvalue weighted by Crippen LogP contribution is 2.52. The van der Waals surface area contributed by atoms with Crippen molar-refractivity contribution in [3.8, 4) is 6.07 Å². The van der Waals surface area contributed by atoms with Gasteiger partial charge in [0.15, 0.2) is 0 Å². The molecule has 8 nitrogen and oxygen atoms in total. The zero-order valence-corrected chi connectivity index (χ0v) is 19.8. The Bertz CT molecular complexity index is 1010. The molecule has 0 bridgehead atoms. The van der Waals surface area contributed by atoms with Crippen molar-refractivity contribution in [3.63, 3.8) is 0 Å². The van der Waals surface area contributed by atoms with Gasteiger partial charge in [0.25, 0.3) is 5.92 Å². The lowest BCUT2D eigenvalue weighted by atomic mass is 9.60. The van der Waals surface area contributed by atoms with Crippen molar-refractivity contribution in [2.45, 2.75) is 74.9 Å². The number of halogens is 2. The Morgan fingerprint density at radius 1 is 1.23 bits per heavy atom. The van der Waals surface area contributed by atoms with Crippen molar-refractivity contribution in [1.82, 2.24) is 20.1 Å². The number of pyridine rings is 1. The molecule has 1 spiro atoms. The van der Waals surface area contributed by atoms with Crippen LogP contribution in [0.3, 0.4) is 0 Å². The second-order valence-corrected chi connectivity index (χ2v) is 10.9. The van der Waals surface area contributed by atoms with Crippen LogP contribution in [0.1, 0.15) is 50.5 Å². The summed E-state index contributed by atoms with van der Waals surface area (Å²) in [5, 5.41) is 12.2. The number of amides is 3. The standard InChI is InChI=1S/C25H32F2N6O2/c26-25(27,13-17-3-9-30-10-4-17)14-19(21(34)31-24(15-28)5-6-24)20-23(16-33(20)22(29)35)7-11-32(12-8-23)18-1-2-18/h3-4,9-10,18-20H,1-2,5-8,11-14,16H2,(H2,29,35)(H,31,34)/t19-,20?/m0/s1. The first-order chi connectivity index (χ1) is 16.7. The quantitative estimate of drug-likeness (QED) is 0.586. The Labute approximate surface area is 203 Å². The number of hydrogen-bond donors (Lipinski definition) is 2. The van der Waals surface area contributed by atoms with Gasteiger partial charge in [0.2, 0.25) is 5.91 Å². The van der Waals surface area contributed by atoms with Crippen molar-refractivity contribution < 1.29 is 18.4 Å². The maximum atomic E-state index is 15.4. The topological polar surface area (TPSA) is 115 Å². The normalized spacial score (nSPS) is 25.9. The molecule has 2 atom stereocenters. The van der Waals surface area contributed by atoms with Crippen LogP contribution in [0.2, 0.25) is 0 Å². The number of hydrogen-bond acceptors (Lipinski definition) is 5. The molecule has 3 N–H and O–H groups in total. The van der Waals surface area contributed by atoms with Gasteiger partial charge in [-0.2, -0.15) is 5.26 Å². The summed E-state index contributed by atoms with van der Waals surface area (Å²) in [6.45, 7) is 2.05. The molecule has 1 aromatic rings. The van der Waals surface area contributed by atoms with Gasteiger partial charge in [-0.3, -0.25) is 9.78 Å². The maximum Gasteiger partial charge on any atom is 0.315 e. The number of carbonyl (C=O) groups excluding carboxylic acids is 2. The monoisotopic (exact) mass is 486 g/mol. The van der Waals surface area contributed by atoms with Gasteiger partial charge in [0.05, 0.1) is 18.0 Å². The molecule has 10 heteroatoms. The van der Waals surface area contributed by atoms with Gasteiger partial charge in [0, 0.05) is 43.2 Å². The molecule has 35 heavy (non-hydrogen) atoms. The van der Waals surface area contributed by atoms with Crippen LogP contribution in [0.15, 0.2) is 24.5 Å². The Kier molecular flexibility index (Phi) is 5.94. The lowest BCUT2D eigenvalue weighted by Gasteiger charge is -2.62. The van der Waals surface area contributed by atoms with Crippen molar-refractivity contribution in [1.29, 1.82) is 5.26 Å². The molecule has 0 aromatic carbocycles. The van der Waals surface area contributed by atoms with Crippen molar-refractivity contribution in [3.05, 3.63) is 30.1 Å². The summed E-state index contributed by atoms with van der Waals surface area (Å²) in [5.74, 6) is -4.94. The molecule has 1 unspecified atom stereocenters. The van der Waals surface area contributed by atoms with Crippen LogP contribution in [0.25, 0.3) is 0 Å². The summed E-state index contributed by atoms with van der Waals surface area (Å²) in [7, 11) is 0. The second-order valence-electron chi connectivity index (χ2n) is 10.9. The van der Waals surface area contributed by atoms with Gasteiger partial charge in [-0.1, -0.05) is 0 Å². The van der Waals surface area contributed by atoms with Crippen LogP contribution < -0.4 is 11.1 Å². The fraction of sp³-hybridized carbons (Fsp3) is 0.680. The number of nitrogens with one attached hydrogen (secondary N) is 1. The molecule has 4 aliphatic rings. The molecular formula is C25H32F2N6O2. The Hall–Kier alpha value is -2.80. The first-order valence-electron chi connectivity index (χ1n) is 12.5. The number of nitrogens with zero attached hydrogens (tertiary/aromatic N) is 4. The number of rotatable bonds is 8. The van der Waals surface area contributed by atoms with Gasteiger partial charge in [0.1, 0.15) is 5.54 Å². The number of aromatic nitrogens is 1. The average molecular weight is 487 g/mol. The van der Waals surface area contributed by atoms with E-state index in [0.29, 0.717) is 31.0 Å². The first kappa shape index (κ1) is 23.9. The summed E-state index contributed by atoms with van der Waals surface area (Å²) in [4.78, 5) is 33.5. The SMILES string of the molecule is N#CC1(NC(=O)[C@@H](CC(F)(F)Cc2ccncc2)C2N(C(N)=O)CC23CCN(C2CC2)CC3)CC1. The second kappa shape index (κ2) is 8.70. The van der Waals surface area contributed by atoms with Gasteiger partial charge in [-0.05, 0) is 69.3 Å². The largest absolute Gasteiger partial charge is 0.351 e. The highest BCUT2D eigenvalue weighted by Gasteiger charge is 2.61. The summed E-state index contributed by atoms with van der Waals surface area (Å²) in [6.07, 6.45) is 6.52. The molecule has 2 saturated carbocycles. The zero-order valence-electron chi connectivity index (χ0n) is 19.8. The molecule has 4 fully saturated rings. The van der Waals surface area contributed by atoms with Gasteiger partial charge in [-0.15, -0.1) is 0 Å². The maximum absolute atomic E-state index is 15.4. The third kappa shape index (κ3) is 4.83. The summed E-state index contributed by atoms with van der Waals surface area (Å²) < 4.78 is 30.8. The zero-order chi connectivity index (χ0) is 24.8. The van der Waals surface area contributed by atoms with Crippen LogP contribution >= 0.6 is 0 Å². The Morgan fingerprint density at radius 2 is 1.89 bits per heavy atom. The van der Waals surface area contributed by atoms with E-state index in [0.717, 1.165) is 25.9 Å². The summed E-state index contributed by atoms with van der Waals surface area (Å²) >= 11 is 0. The summed E-state index contributed by atoms with van der Waals surface area (Å²) in [6, 6.07) is 4.38. The molecule has 2 aliphatic heterocycles. The number of alkyl halides is 2. The van der Waals surface area contributed by atoms with Crippen LogP contribution in [0.5, 0.6) is 0 Å². The van der Waals surface area contributed by atoms with E-state index < -0.39 is 53.6 Å². The predicted octanol–water partition coefficient (Wildman–Crippen LogP) is 2.45. The van der Waals surface area contributed by atoms with E-state index in [-0.39, 0.29) is 0 Å². The van der Waals surface area contributed by atoms with Crippen LogP contribution in [-0.4, -0.2) is 69.9 Å². The van der Waals surface area contributed by atoms with E-state index >= 15 is 8.78 Å². The summed E-state index contributed by atoms with van der Waals surface area (Å²) in [5.41, 5.74) is 4.67. The number of primary amides is 1. The van der Waals surface area contributed by atoms with Crippen LogP contribution in [0.4, 0.5) is 13.6 Å². The molecule has 1 aromatic heterocycles. The number of nitrogens with two attached hydrogens (primary N) is 1. The number of piperidine rings is 1. The minimum Gasteiger partial charge on any atom is -0.351 e. The van der Waals surface area contributed by atoms with Crippen LogP contribution in [0, 0.1) is 22.7 Å². The number of likely N-dealkylation sites (tertiary alicyclic amines) is 2. The number of nitriles is 1. The third-order valence-corrected chi connectivity index (χ3v) is 8.36. The lowest BCUT2D eigenvalue weighted by Crippen LogP contribution is -2.73. The van der Waals surface area contributed by atoms with Crippen LogP contribution in [-0.2, 0) is 11.2 Å². The van der Waals surface area contributed by atoms with Gasteiger partial charge >= 0.3 is 6.03 Å². The molecule has 3 amide bonds. The average Bonchev–Trinajstić information content (AvgIpc) is 3.73. The number of carbonyl (C=O) groups is 2. The molecule has 2 aliphatic carbocycles. The lowest BCUT2D eigenvalue weighted by molar-refractivity contribution is -0.153.